The van der Waals surface area contributed by atoms with Crippen molar-refractivity contribution in [3.63, 3.8) is 0 Å². The lowest BCUT2D eigenvalue weighted by atomic mass is 10.1. The number of carbonyl (C=O) groups excluding carboxylic acids is 2. The second kappa shape index (κ2) is 6.81. The van der Waals surface area contributed by atoms with Crippen molar-refractivity contribution in [2.75, 3.05) is 14.2 Å². The topological polar surface area (TPSA) is 51.5 Å². The number of amides is 1. The molecule has 0 radical (unpaired) electrons. The van der Waals surface area contributed by atoms with E-state index >= 15 is 0 Å². The predicted octanol–water partition coefficient (Wildman–Crippen LogP) is 3.24. The van der Waals surface area contributed by atoms with Crippen LogP contribution in [-0.4, -0.2) is 35.5 Å². The first-order valence-electron chi connectivity index (χ1n) is 7.99. The highest BCUT2D eigenvalue weighted by Gasteiger charge is 2.21. The maximum atomic E-state index is 12.8. The number of methoxy groups -OCH3 is 1. The SMILES string of the molecule is COC(=O)c1ccccc1C(=O)N(C)Cc1cc2ccccc2n1C. The number of esters is 1. The molecule has 0 saturated carbocycles. The van der Waals surface area contributed by atoms with E-state index in [1.807, 2.05) is 31.3 Å². The number of hydrogen-bond donors (Lipinski definition) is 0. The van der Waals surface area contributed by atoms with Crippen LogP contribution in [0.25, 0.3) is 10.9 Å². The third kappa shape index (κ3) is 3.13. The van der Waals surface area contributed by atoms with Gasteiger partial charge in [0, 0.05) is 25.3 Å². The highest BCUT2D eigenvalue weighted by molar-refractivity contribution is 6.05. The average molecular weight is 336 g/mol. The van der Waals surface area contributed by atoms with Crippen LogP contribution in [0.3, 0.4) is 0 Å². The van der Waals surface area contributed by atoms with Crippen LogP contribution in [0.15, 0.2) is 54.6 Å². The molecule has 0 aliphatic heterocycles. The van der Waals surface area contributed by atoms with E-state index in [2.05, 4.69) is 10.6 Å². The third-order valence-corrected chi connectivity index (χ3v) is 4.36. The predicted molar refractivity (Wildman–Crippen MR) is 96.5 cm³/mol. The molecule has 3 rings (SSSR count). The van der Waals surface area contributed by atoms with Crippen LogP contribution >= 0.6 is 0 Å². The van der Waals surface area contributed by atoms with Gasteiger partial charge in [-0.3, -0.25) is 4.79 Å². The van der Waals surface area contributed by atoms with Gasteiger partial charge in [0.2, 0.25) is 0 Å². The first-order valence-corrected chi connectivity index (χ1v) is 7.99. The van der Waals surface area contributed by atoms with Gasteiger partial charge in [-0.05, 0) is 29.7 Å². The van der Waals surface area contributed by atoms with Gasteiger partial charge in [-0.1, -0.05) is 30.3 Å². The quantitative estimate of drug-likeness (QED) is 0.687. The number of aryl methyl sites for hydroxylation is 1. The molecule has 3 aromatic rings. The second-order valence-electron chi connectivity index (χ2n) is 5.95. The Balaban J connectivity index is 1.88. The zero-order valence-corrected chi connectivity index (χ0v) is 14.5. The molecule has 1 aromatic heterocycles. The molecule has 128 valence electrons. The number of benzene rings is 2. The van der Waals surface area contributed by atoms with E-state index < -0.39 is 5.97 Å². The van der Waals surface area contributed by atoms with Crippen LogP contribution in [0.4, 0.5) is 0 Å². The minimum Gasteiger partial charge on any atom is -0.465 e. The van der Waals surface area contributed by atoms with E-state index in [4.69, 9.17) is 4.74 Å². The van der Waals surface area contributed by atoms with E-state index in [0.29, 0.717) is 12.1 Å². The Kier molecular flexibility index (Phi) is 4.57. The standard InChI is InChI=1S/C20H20N2O3/c1-21(13-15-12-14-8-4-7-11-18(14)22(15)2)19(23)16-9-5-6-10-17(16)20(24)25-3/h4-12H,13H2,1-3H3. The zero-order valence-electron chi connectivity index (χ0n) is 14.5. The van der Waals surface area contributed by atoms with Crippen molar-refractivity contribution in [3.8, 4) is 0 Å². The van der Waals surface area contributed by atoms with Gasteiger partial charge in [0.05, 0.1) is 24.8 Å². The van der Waals surface area contributed by atoms with E-state index in [0.717, 1.165) is 16.6 Å². The Bertz CT molecular complexity index is 943. The lowest BCUT2D eigenvalue weighted by Gasteiger charge is -2.19. The highest BCUT2D eigenvalue weighted by atomic mass is 16.5. The smallest absolute Gasteiger partial charge is 0.338 e. The minimum atomic E-state index is -0.512. The van der Waals surface area contributed by atoms with Crippen LogP contribution in [-0.2, 0) is 18.3 Å². The van der Waals surface area contributed by atoms with Crippen LogP contribution in [0.1, 0.15) is 26.4 Å². The minimum absolute atomic E-state index is 0.216. The fourth-order valence-electron chi connectivity index (χ4n) is 2.98. The molecule has 0 aliphatic carbocycles. The molecular formula is C20H20N2O3. The summed E-state index contributed by atoms with van der Waals surface area (Å²) in [5.74, 6) is -0.729. The normalized spacial score (nSPS) is 10.7. The number of fused-ring (bicyclic) bond motifs is 1. The number of rotatable bonds is 4. The van der Waals surface area contributed by atoms with Gasteiger partial charge >= 0.3 is 5.97 Å². The molecule has 0 atom stereocenters. The summed E-state index contributed by atoms with van der Waals surface area (Å²) >= 11 is 0. The lowest BCUT2D eigenvalue weighted by molar-refractivity contribution is 0.0591. The van der Waals surface area contributed by atoms with Crippen molar-refractivity contribution in [2.24, 2.45) is 7.05 Å². The second-order valence-corrected chi connectivity index (χ2v) is 5.95. The lowest BCUT2D eigenvalue weighted by Crippen LogP contribution is -2.28. The summed E-state index contributed by atoms with van der Waals surface area (Å²) in [6.07, 6.45) is 0. The Labute approximate surface area is 146 Å². The molecule has 0 bridgehead atoms. The van der Waals surface area contributed by atoms with Gasteiger partial charge < -0.3 is 14.2 Å². The maximum Gasteiger partial charge on any atom is 0.338 e. The maximum absolute atomic E-state index is 12.8. The summed E-state index contributed by atoms with van der Waals surface area (Å²) in [6.45, 7) is 0.444. The Morgan fingerprint density at radius 3 is 2.36 bits per heavy atom. The number of aromatic nitrogens is 1. The molecule has 1 heterocycles. The van der Waals surface area contributed by atoms with Crippen molar-refractivity contribution in [3.05, 3.63) is 71.4 Å². The Morgan fingerprint density at radius 2 is 1.68 bits per heavy atom. The van der Waals surface area contributed by atoms with E-state index in [9.17, 15) is 9.59 Å². The van der Waals surface area contributed by atoms with Crippen LogP contribution < -0.4 is 0 Å². The largest absolute Gasteiger partial charge is 0.465 e. The van der Waals surface area contributed by atoms with Gasteiger partial charge in [-0.25, -0.2) is 4.79 Å². The molecule has 1 amide bonds. The van der Waals surface area contributed by atoms with Gasteiger partial charge in [0.25, 0.3) is 5.91 Å². The molecule has 5 nitrogen and oxygen atoms in total. The molecule has 0 saturated heterocycles. The molecular weight excluding hydrogens is 316 g/mol. The molecule has 2 aromatic carbocycles. The van der Waals surface area contributed by atoms with Crippen molar-refractivity contribution in [1.82, 2.24) is 9.47 Å². The van der Waals surface area contributed by atoms with Gasteiger partial charge in [-0.15, -0.1) is 0 Å². The molecule has 25 heavy (non-hydrogen) atoms. The van der Waals surface area contributed by atoms with Gasteiger partial charge in [-0.2, -0.15) is 0 Å². The van der Waals surface area contributed by atoms with Crippen molar-refractivity contribution in [1.29, 1.82) is 0 Å². The summed E-state index contributed by atoms with van der Waals surface area (Å²) in [5.41, 5.74) is 2.76. The first kappa shape index (κ1) is 16.8. The Hall–Kier alpha value is -3.08. The summed E-state index contributed by atoms with van der Waals surface area (Å²) in [7, 11) is 5.02. The molecule has 0 unspecified atom stereocenters. The van der Waals surface area contributed by atoms with E-state index in [1.165, 1.54) is 7.11 Å². The fraction of sp³-hybridized carbons (Fsp3) is 0.200. The van der Waals surface area contributed by atoms with Crippen LogP contribution in [0.2, 0.25) is 0 Å². The summed E-state index contributed by atoms with van der Waals surface area (Å²) in [4.78, 5) is 26.3. The summed E-state index contributed by atoms with van der Waals surface area (Å²) < 4.78 is 6.85. The number of ether oxygens (including phenoxy) is 1. The van der Waals surface area contributed by atoms with Gasteiger partial charge in [0.1, 0.15) is 0 Å². The average Bonchev–Trinajstić information content (AvgIpc) is 2.96. The number of para-hydroxylation sites is 1. The monoisotopic (exact) mass is 336 g/mol. The highest BCUT2D eigenvalue weighted by Crippen LogP contribution is 2.20. The molecule has 0 aliphatic rings. The zero-order chi connectivity index (χ0) is 18.0. The van der Waals surface area contributed by atoms with E-state index in [-0.39, 0.29) is 11.5 Å². The molecule has 0 N–H and O–H groups in total. The number of hydrogen-bond acceptors (Lipinski definition) is 3. The first-order chi connectivity index (χ1) is 12.0. The third-order valence-electron chi connectivity index (χ3n) is 4.36. The number of carbonyl (C=O) groups is 2. The summed E-state index contributed by atoms with van der Waals surface area (Å²) in [5, 5.41) is 1.14. The molecule has 0 spiro atoms. The Morgan fingerprint density at radius 1 is 1.04 bits per heavy atom. The van der Waals surface area contributed by atoms with Crippen LogP contribution in [0, 0.1) is 0 Å². The summed E-state index contributed by atoms with van der Waals surface area (Å²) in [6, 6.07) is 16.9. The molecule has 0 fully saturated rings. The van der Waals surface area contributed by atoms with Crippen molar-refractivity contribution < 1.29 is 14.3 Å². The number of nitrogens with zero attached hydrogens (tertiary/aromatic N) is 2. The van der Waals surface area contributed by atoms with Crippen molar-refractivity contribution >= 4 is 22.8 Å². The van der Waals surface area contributed by atoms with Gasteiger partial charge in [0.15, 0.2) is 0 Å². The van der Waals surface area contributed by atoms with E-state index in [1.54, 1.807) is 36.2 Å². The molecule has 5 heteroatoms. The van der Waals surface area contributed by atoms with Crippen LogP contribution in [0.5, 0.6) is 0 Å². The van der Waals surface area contributed by atoms with Crippen molar-refractivity contribution in [2.45, 2.75) is 6.54 Å². The fourth-order valence-corrected chi connectivity index (χ4v) is 2.98.